The van der Waals surface area contributed by atoms with E-state index < -0.39 is 23.4 Å². The highest BCUT2D eigenvalue weighted by Crippen LogP contribution is 2.25. The molecule has 1 aromatic rings. The maximum atomic E-state index is 13.8. The highest BCUT2D eigenvalue weighted by Gasteiger charge is 2.17. The Kier molecular flexibility index (Phi) is 5.64. The van der Waals surface area contributed by atoms with E-state index >= 15 is 0 Å². The first-order chi connectivity index (χ1) is 11.2. The molecule has 0 unspecified atom stereocenters. The van der Waals surface area contributed by atoms with Crippen molar-refractivity contribution in [3.05, 3.63) is 24.0 Å². The van der Waals surface area contributed by atoms with E-state index in [2.05, 4.69) is 15.5 Å². The third-order valence-corrected chi connectivity index (χ3v) is 3.43. The quantitative estimate of drug-likeness (QED) is 0.886. The van der Waals surface area contributed by atoms with Crippen molar-refractivity contribution in [1.29, 1.82) is 0 Å². The molecule has 0 aromatic heterocycles. The van der Waals surface area contributed by atoms with Gasteiger partial charge in [0.15, 0.2) is 0 Å². The van der Waals surface area contributed by atoms with Gasteiger partial charge in [-0.05, 0) is 51.8 Å². The molecule has 1 heterocycles. The van der Waals surface area contributed by atoms with Crippen molar-refractivity contribution in [2.75, 3.05) is 29.9 Å². The Labute approximate surface area is 141 Å². The molecule has 1 aliphatic heterocycles. The fourth-order valence-electron chi connectivity index (χ4n) is 2.48. The van der Waals surface area contributed by atoms with Gasteiger partial charge < -0.3 is 20.3 Å². The zero-order valence-corrected chi connectivity index (χ0v) is 14.3. The number of nitrogens with zero attached hydrogens (tertiary/aromatic N) is 1. The molecule has 24 heavy (non-hydrogen) atoms. The number of rotatable bonds is 4. The molecule has 0 atom stereocenters. The number of ether oxygens (including phenoxy) is 1. The Morgan fingerprint density at radius 3 is 2.50 bits per heavy atom. The third kappa shape index (κ3) is 5.72. The van der Waals surface area contributed by atoms with Gasteiger partial charge in [0, 0.05) is 24.5 Å². The molecule has 1 aliphatic rings. The van der Waals surface area contributed by atoms with Crippen molar-refractivity contribution in [2.24, 2.45) is 0 Å². The van der Waals surface area contributed by atoms with Crippen LogP contribution < -0.4 is 15.5 Å². The summed E-state index contributed by atoms with van der Waals surface area (Å²) in [4.78, 5) is 25.5. The van der Waals surface area contributed by atoms with Gasteiger partial charge in [-0.2, -0.15) is 0 Å². The number of carbonyl (C=O) groups excluding carboxylic acids is 2. The van der Waals surface area contributed by atoms with E-state index in [1.54, 1.807) is 26.8 Å². The number of benzene rings is 1. The van der Waals surface area contributed by atoms with Crippen LogP contribution in [0.25, 0.3) is 0 Å². The smallest absolute Gasteiger partial charge is 0.408 e. The molecule has 1 saturated heterocycles. The van der Waals surface area contributed by atoms with Crippen molar-refractivity contribution in [2.45, 2.75) is 39.2 Å². The summed E-state index contributed by atoms with van der Waals surface area (Å²) < 4.78 is 18.8. The molecule has 6 nitrogen and oxygen atoms in total. The van der Waals surface area contributed by atoms with Crippen LogP contribution in [0.5, 0.6) is 0 Å². The van der Waals surface area contributed by atoms with Gasteiger partial charge >= 0.3 is 6.09 Å². The molecular formula is C17H24FN3O3. The highest BCUT2D eigenvalue weighted by atomic mass is 19.1. The van der Waals surface area contributed by atoms with Gasteiger partial charge in [0.05, 0.1) is 0 Å². The molecule has 2 rings (SSSR count). The number of carbonyl (C=O) groups is 2. The Balaban J connectivity index is 1.90. The van der Waals surface area contributed by atoms with E-state index in [1.165, 1.54) is 12.1 Å². The maximum absolute atomic E-state index is 13.8. The van der Waals surface area contributed by atoms with Crippen molar-refractivity contribution >= 4 is 23.4 Å². The molecule has 0 saturated carbocycles. The average Bonchev–Trinajstić information content (AvgIpc) is 2.97. The van der Waals surface area contributed by atoms with Crippen LogP contribution >= 0.6 is 0 Å². The van der Waals surface area contributed by atoms with E-state index in [1.807, 2.05) is 0 Å². The number of amides is 2. The van der Waals surface area contributed by atoms with Gasteiger partial charge in [-0.25, -0.2) is 9.18 Å². The lowest BCUT2D eigenvalue weighted by atomic mass is 10.2. The summed E-state index contributed by atoms with van der Waals surface area (Å²) in [7, 11) is 0. The second-order valence-corrected chi connectivity index (χ2v) is 6.80. The maximum Gasteiger partial charge on any atom is 0.408 e. The first-order valence-corrected chi connectivity index (χ1v) is 8.05. The summed E-state index contributed by atoms with van der Waals surface area (Å²) in [6.45, 7) is 6.73. The van der Waals surface area contributed by atoms with E-state index in [0.29, 0.717) is 5.69 Å². The number of alkyl carbamates (subject to hydrolysis) is 1. The molecule has 0 bridgehead atoms. The second-order valence-electron chi connectivity index (χ2n) is 6.80. The summed E-state index contributed by atoms with van der Waals surface area (Å²) in [5.41, 5.74) is 0.490. The zero-order chi connectivity index (χ0) is 17.7. The predicted octanol–water partition coefficient (Wildman–Crippen LogP) is 2.89. The van der Waals surface area contributed by atoms with Gasteiger partial charge in [-0.3, -0.25) is 4.79 Å². The SMILES string of the molecule is CC(C)(C)OC(=O)NCC(=O)Nc1cc(F)cc(N2CCCC2)c1. The number of nitrogens with one attached hydrogen (secondary N) is 2. The van der Waals surface area contributed by atoms with Crippen LogP contribution in [-0.4, -0.2) is 37.2 Å². The van der Waals surface area contributed by atoms with Crippen molar-refractivity contribution in [3.63, 3.8) is 0 Å². The van der Waals surface area contributed by atoms with Crippen molar-refractivity contribution in [1.82, 2.24) is 5.32 Å². The molecule has 1 aromatic carbocycles. The molecule has 7 heteroatoms. The third-order valence-electron chi connectivity index (χ3n) is 3.43. The highest BCUT2D eigenvalue weighted by molar-refractivity contribution is 5.94. The Morgan fingerprint density at radius 1 is 1.21 bits per heavy atom. The van der Waals surface area contributed by atoms with Crippen LogP contribution in [0, 0.1) is 5.82 Å². The second kappa shape index (κ2) is 7.51. The average molecular weight is 337 g/mol. The standard InChI is InChI=1S/C17H24FN3O3/c1-17(2,3)24-16(23)19-11-15(22)20-13-8-12(18)9-14(10-13)21-6-4-5-7-21/h8-10H,4-7,11H2,1-3H3,(H,19,23)(H,20,22). The predicted molar refractivity (Wildman–Crippen MR) is 90.7 cm³/mol. The molecule has 0 aliphatic carbocycles. The van der Waals surface area contributed by atoms with Gasteiger partial charge in [0.25, 0.3) is 0 Å². The molecule has 1 fully saturated rings. The van der Waals surface area contributed by atoms with Crippen LogP contribution in [0.4, 0.5) is 20.6 Å². The van der Waals surface area contributed by atoms with Gasteiger partial charge in [-0.15, -0.1) is 0 Å². The van der Waals surface area contributed by atoms with E-state index in [-0.39, 0.29) is 6.54 Å². The normalized spacial score (nSPS) is 14.4. The largest absolute Gasteiger partial charge is 0.444 e. The van der Waals surface area contributed by atoms with E-state index in [9.17, 15) is 14.0 Å². The summed E-state index contributed by atoms with van der Waals surface area (Å²) in [6, 6.07) is 4.45. The van der Waals surface area contributed by atoms with Crippen LogP contribution in [-0.2, 0) is 9.53 Å². The fourth-order valence-corrected chi connectivity index (χ4v) is 2.48. The molecular weight excluding hydrogens is 313 g/mol. The summed E-state index contributed by atoms with van der Waals surface area (Å²) in [5.74, 6) is -0.853. The molecule has 2 N–H and O–H groups in total. The molecule has 0 radical (unpaired) electrons. The Hall–Kier alpha value is -2.31. The number of anilines is 2. The van der Waals surface area contributed by atoms with E-state index in [4.69, 9.17) is 4.74 Å². The van der Waals surface area contributed by atoms with Crippen LogP contribution in [0.2, 0.25) is 0 Å². The summed E-state index contributed by atoms with van der Waals surface area (Å²) in [5, 5.41) is 4.96. The van der Waals surface area contributed by atoms with Crippen molar-refractivity contribution in [3.8, 4) is 0 Å². The minimum absolute atomic E-state index is 0.246. The monoisotopic (exact) mass is 337 g/mol. The van der Waals surface area contributed by atoms with Gasteiger partial charge in [0.1, 0.15) is 18.0 Å². The minimum atomic E-state index is -0.672. The van der Waals surface area contributed by atoms with E-state index in [0.717, 1.165) is 31.6 Å². The first-order valence-electron chi connectivity index (χ1n) is 8.05. The summed E-state index contributed by atoms with van der Waals surface area (Å²) >= 11 is 0. The Bertz CT molecular complexity index is 608. The summed E-state index contributed by atoms with van der Waals surface area (Å²) in [6.07, 6.45) is 1.49. The molecule has 2 amide bonds. The molecule has 132 valence electrons. The topological polar surface area (TPSA) is 70.7 Å². The lowest BCUT2D eigenvalue weighted by molar-refractivity contribution is -0.115. The number of hydrogen-bond acceptors (Lipinski definition) is 4. The number of hydrogen-bond donors (Lipinski definition) is 2. The van der Waals surface area contributed by atoms with Crippen LogP contribution in [0.1, 0.15) is 33.6 Å². The fraction of sp³-hybridized carbons (Fsp3) is 0.529. The van der Waals surface area contributed by atoms with Crippen LogP contribution in [0.3, 0.4) is 0 Å². The first kappa shape index (κ1) is 18.0. The number of halogens is 1. The Morgan fingerprint density at radius 2 is 1.88 bits per heavy atom. The minimum Gasteiger partial charge on any atom is -0.444 e. The molecule has 0 spiro atoms. The van der Waals surface area contributed by atoms with Gasteiger partial charge in [-0.1, -0.05) is 0 Å². The lowest BCUT2D eigenvalue weighted by Crippen LogP contribution is -2.37. The van der Waals surface area contributed by atoms with Gasteiger partial charge in [0.2, 0.25) is 5.91 Å². The zero-order valence-electron chi connectivity index (χ0n) is 14.3. The lowest BCUT2D eigenvalue weighted by Gasteiger charge is -2.20. The van der Waals surface area contributed by atoms with Crippen molar-refractivity contribution < 1.29 is 18.7 Å². The van der Waals surface area contributed by atoms with Crippen LogP contribution in [0.15, 0.2) is 18.2 Å².